The number of fused-ring (bicyclic) bond motifs is 1. The van der Waals surface area contributed by atoms with Crippen molar-refractivity contribution >= 4 is 22.9 Å². The monoisotopic (exact) mass is 448 g/mol. The molecular formula is C22H21FN8O2. The van der Waals surface area contributed by atoms with Gasteiger partial charge in [-0.2, -0.15) is 5.10 Å². The number of benzene rings is 1. The van der Waals surface area contributed by atoms with Crippen LogP contribution in [0.2, 0.25) is 0 Å². The molecule has 0 atom stereocenters. The SMILES string of the molecule is N=Cc1cccc(F)c1-n1cc(-c2cnc(CN3CCOCC3)cn2)c2[nH]nc(N)c2c1=O. The lowest BCUT2D eigenvalue weighted by Crippen LogP contribution is -2.35. The third-order valence-corrected chi connectivity index (χ3v) is 5.64. The molecule has 0 aliphatic carbocycles. The molecule has 4 heterocycles. The molecule has 1 saturated heterocycles. The summed E-state index contributed by atoms with van der Waals surface area (Å²) in [6, 6.07) is 4.27. The number of rotatable bonds is 5. The zero-order chi connectivity index (χ0) is 22.9. The summed E-state index contributed by atoms with van der Waals surface area (Å²) in [5, 5.41) is 14.5. The first-order valence-corrected chi connectivity index (χ1v) is 10.4. The topological polar surface area (TPSA) is 139 Å². The molecule has 1 aromatic carbocycles. The summed E-state index contributed by atoms with van der Waals surface area (Å²) < 4.78 is 21.3. The highest BCUT2D eigenvalue weighted by molar-refractivity contribution is 5.98. The molecule has 5 rings (SSSR count). The van der Waals surface area contributed by atoms with Gasteiger partial charge in [-0.1, -0.05) is 12.1 Å². The second kappa shape index (κ2) is 8.52. The first-order chi connectivity index (χ1) is 16.1. The fourth-order valence-electron chi connectivity index (χ4n) is 3.97. The average Bonchev–Trinajstić information content (AvgIpc) is 3.23. The van der Waals surface area contributed by atoms with E-state index in [0.29, 0.717) is 36.5 Å². The number of morpholine rings is 1. The maximum absolute atomic E-state index is 14.8. The Labute approximate surface area is 187 Å². The van der Waals surface area contributed by atoms with Gasteiger partial charge in [0.25, 0.3) is 5.56 Å². The van der Waals surface area contributed by atoms with E-state index in [0.717, 1.165) is 29.6 Å². The van der Waals surface area contributed by atoms with Gasteiger partial charge in [0, 0.05) is 43.2 Å². The Balaban J connectivity index is 1.63. The Bertz CT molecular complexity index is 1390. The number of aromatic nitrogens is 5. The molecule has 0 unspecified atom stereocenters. The molecule has 0 saturated carbocycles. The fourth-order valence-corrected chi connectivity index (χ4v) is 3.97. The van der Waals surface area contributed by atoms with E-state index in [4.69, 9.17) is 15.9 Å². The first-order valence-electron chi connectivity index (χ1n) is 10.4. The molecule has 1 aliphatic rings. The molecule has 10 nitrogen and oxygen atoms in total. The third kappa shape index (κ3) is 3.77. The number of pyridine rings is 1. The van der Waals surface area contributed by atoms with Gasteiger partial charge in [-0.05, 0) is 6.07 Å². The van der Waals surface area contributed by atoms with Crippen LogP contribution in [0.3, 0.4) is 0 Å². The van der Waals surface area contributed by atoms with Crippen LogP contribution >= 0.6 is 0 Å². The number of nitrogens with one attached hydrogen (secondary N) is 2. The maximum atomic E-state index is 14.8. The Kier molecular flexibility index (Phi) is 5.40. The number of halogens is 1. The quantitative estimate of drug-likeness (QED) is 0.395. The van der Waals surface area contributed by atoms with Crippen LogP contribution in [0.4, 0.5) is 10.2 Å². The highest BCUT2D eigenvalue weighted by Gasteiger charge is 2.20. The standard InChI is InChI=1S/C22H21FN8O2/c23-16-3-1-2-13(8-24)20(16)31-12-15(19-18(22(31)32)21(25)29-28-19)17-10-26-14(9-27-17)11-30-4-6-33-7-5-30/h1-3,8-10,12,24H,4-7,11H2,(H3,25,28,29). The van der Waals surface area contributed by atoms with Crippen molar-refractivity contribution < 1.29 is 9.13 Å². The second-order valence-electron chi connectivity index (χ2n) is 7.68. The summed E-state index contributed by atoms with van der Waals surface area (Å²) in [5.41, 5.74) is 7.75. The highest BCUT2D eigenvalue weighted by atomic mass is 19.1. The minimum absolute atomic E-state index is 0.00441. The van der Waals surface area contributed by atoms with E-state index in [1.54, 1.807) is 18.5 Å². The average molecular weight is 448 g/mol. The number of anilines is 1. The van der Waals surface area contributed by atoms with E-state index < -0.39 is 11.4 Å². The molecule has 1 fully saturated rings. The number of nitrogen functional groups attached to an aromatic ring is 1. The zero-order valence-corrected chi connectivity index (χ0v) is 17.6. The molecule has 11 heteroatoms. The molecule has 0 radical (unpaired) electrons. The number of aromatic amines is 1. The van der Waals surface area contributed by atoms with Gasteiger partial charge in [-0.15, -0.1) is 0 Å². The molecule has 3 aromatic heterocycles. The molecule has 0 bridgehead atoms. The molecule has 0 spiro atoms. The van der Waals surface area contributed by atoms with E-state index in [2.05, 4.69) is 25.1 Å². The molecule has 168 valence electrons. The summed E-state index contributed by atoms with van der Waals surface area (Å²) in [6.07, 6.45) is 5.75. The van der Waals surface area contributed by atoms with Gasteiger partial charge >= 0.3 is 0 Å². The number of hydrogen-bond donors (Lipinski definition) is 3. The molecule has 4 aromatic rings. The molecule has 33 heavy (non-hydrogen) atoms. The van der Waals surface area contributed by atoms with Crippen molar-refractivity contribution in [2.24, 2.45) is 0 Å². The van der Waals surface area contributed by atoms with Crippen LogP contribution in [0.15, 0.2) is 41.6 Å². The van der Waals surface area contributed by atoms with Crippen LogP contribution in [0.1, 0.15) is 11.3 Å². The van der Waals surface area contributed by atoms with E-state index in [1.165, 1.54) is 18.3 Å². The van der Waals surface area contributed by atoms with Crippen molar-refractivity contribution in [2.75, 3.05) is 32.0 Å². The van der Waals surface area contributed by atoms with Crippen LogP contribution in [0.25, 0.3) is 27.8 Å². The van der Waals surface area contributed by atoms with Gasteiger partial charge in [-0.25, -0.2) is 4.39 Å². The van der Waals surface area contributed by atoms with E-state index in [9.17, 15) is 9.18 Å². The summed E-state index contributed by atoms with van der Waals surface area (Å²) in [6.45, 7) is 3.71. The second-order valence-corrected chi connectivity index (χ2v) is 7.68. The Morgan fingerprint density at radius 3 is 2.79 bits per heavy atom. The van der Waals surface area contributed by atoms with Crippen LogP contribution in [-0.2, 0) is 11.3 Å². The van der Waals surface area contributed by atoms with Crippen LogP contribution in [0, 0.1) is 11.2 Å². The van der Waals surface area contributed by atoms with Gasteiger partial charge in [-0.3, -0.25) is 29.3 Å². The van der Waals surface area contributed by atoms with E-state index >= 15 is 0 Å². The number of nitrogens with two attached hydrogens (primary N) is 1. The summed E-state index contributed by atoms with van der Waals surface area (Å²) in [4.78, 5) is 24.5. The summed E-state index contributed by atoms with van der Waals surface area (Å²) in [5.74, 6) is -0.646. The summed E-state index contributed by atoms with van der Waals surface area (Å²) >= 11 is 0. The lowest BCUT2D eigenvalue weighted by atomic mass is 10.1. The number of para-hydroxylation sites is 1. The maximum Gasteiger partial charge on any atom is 0.268 e. The van der Waals surface area contributed by atoms with Crippen molar-refractivity contribution in [3.8, 4) is 16.9 Å². The van der Waals surface area contributed by atoms with Crippen molar-refractivity contribution in [1.82, 2.24) is 29.6 Å². The number of H-pyrrole nitrogens is 1. The first kappa shape index (κ1) is 20.9. The van der Waals surface area contributed by atoms with Gasteiger partial charge in [0.2, 0.25) is 0 Å². The van der Waals surface area contributed by atoms with Gasteiger partial charge in [0.1, 0.15) is 11.2 Å². The smallest absolute Gasteiger partial charge is 0.268 e. The van der Waals surface area contributed by atoms with Gasteiger partial charge < -0.3 is 15.9 Å². The lowest BCUT2D eigenvalue weighted by molar-refractivity contribution is 0.0336. The molecular weight excluding hydrogens is 427 g/mol. The lowest BCUT2D eigenvalue weighted by Gasteiger charge is -2.25. The van der Waals surface area contributed by atoms with E-state index in [-0.39, 0.29) is 22.5 Å². The van der Waals surface area contributed by atoms with Crippen molar-refractivity contribution in [2.45, 2.75) is 6.54 Å². The normalized spacial score (nSPS) is 14.6. The Hall–Kier alpha value is -3.96. The van der Waals surface area contributed by atoms with Crippen LogP contribution in [0.5, 0.6) is 0 Å². The molecule has 1 aliphatic heterocycles. The van der Waals surface area contributed by atoms with Crippen molar-refractivity contribution in [3.63, 3.8) is 0 Å². The third-order valence-electron chi connectivity index (χ3n) is 5.64. The molecule has 0 amide bonds. The summed E-state index contributed by atoms with van der Waals surface area (Å²) in [7, 11) is 0. The fraction of sp³-hybridized carbons (Fsp3) is 0.227. The van der Waals surface area contributed by atoms with Gasteiger partial charge in [0.15, 0.2) is 5.82 Å². The predicted molar refractivity (Wildman–Crippen MR) is 121 cm³/mol. The minimum atomic E-state index is -0.641. The Morgan fingerprint density at radius 1 is 1.24 bits per heavy atom. The van der Waals surface area contributed by atoms with Crippen molar-refractivity contribution in [1.29, 1.82) is 5.41 Å². The number of nitrogens with zero attached hydrogens (tertiary/aromatic N) is 5. The van der Waals surface area contributed by atoms with Crippen LogP contribution in [-0.4, -0.2) is 62.2 Å². The Morgan fingerprint density at radius 2 is 2.06 bits per heavy atom. The van der Waals surface area contributed by atoms with Crippen molar-refractivity contribution in [3.05, 3.63) is 64.2 Å². The minimum Gasteiger partial charge on any atom is -0.382 e. The number of hydrogen-bond acceptors (Lipinski definition) is 8. The predicted octanol–water partition coefficient (Wildman–Crippen LogP) is 1.72. The zero-order valence-electron chi connectivity index (χ0n) is 17.6. The largest absolute Gasteiger partial charge is 0.382 e. The number of ether oxygens (including phenoxy) is 1. The van der Waals surface area contributed by atoms with E-state index in [1.807, 2.05) is 0 Å². The van der Waals surface area contributed by atoms with Gasteiger partial charge in [0.05, 0.1) is 48.2 Å². The molecule has 4 N–H and O–H groups in total. The highest BCUT2D eigenvalue weighted by Crippen LogP contribution is 2.28. The van der Waals surface area contributed by atoms with Crippen LogP contribution < -0.4 is 11.3 Å².